The number of rotatable bonds is 6. The summed E-state index contributed by atoms with van der Waals surface area (Å²) in [4.78, 5) is 13.2. The van der Waals surface area contributed by atoms with E-state index in [-0.39, 0.29) is 11.8 Å². The van der Waals surface area contributed by atoms with Crippen molar-refractivity contribution in [1.82, 2.24) is 0 Å². The number of benzene rings is 2. The van der Waals surface area contributed by atoms with Crippen molar-refractivity contribution in [3.63, 3.8) is 0 Å². The molecular formula is C23H27NO2. The van der Waals surface area contributed by atoms with Gasteiger partial charge in [-0.15, -0.1) is 0 Å². The molecule has 3 nitrogen and oxygen atoms in total. The fourth-order valence-electron chi connectivity index (χ4n) is 4.01. The number of aliphatic carboxylic acids is 1. The minimum absolute atomic E-state index is 0.0947. The highest BCUT2D eigenvalue weighted by atomic mass is 16.4. The maximum atomic E-state index is 10.8. The third-order valence-corrected chi connectivity index (χ3v) is 5.22. The molecule has 136 valence electrons. The second-order valence-electron chi connectivity index (χ2n) is 7.39. The van der Waals surface area contributed by atoms with Crippen molar-refractivity contribution in [2.75, 3.05) is 11.4 Å². The van der Waals surface area contributed by atoms with E-state index in [0.29, 0.717) is 6.42 Å². The molecule has 1 N–H and O–H groups in total. The summed E-state index contributed by atoms with van der Waals surface area (Å²) >= 11 is 0. The van der Waals surface area contributed by atoms with Gasteiger partial charge in [0.25, 0.3) is 0 Å². The summed E-state index contributed by atoms with van der Waals surface area (Å²) in [6, 6.07) is 13.0. The molecule has 0 saturated carbocycles. The van der Waals surface area contributed by atoms with Gasteiger partial charge in [0, 0.05) is 29.8 Å². The van der Waals surface area contributed by atoms with E-state index < -0.39 is 5.97 Å². The second-order valence-corrected chi connectivity index (χ2v) is 7.39. The standard InChI is InChI=1S/C23H27NO2/c1-4-5-12-20-23(2,3)22-18-11-7-6-10-17(18)14-15-19(22)24(20)16-9-8-13-21(25)26/h4-7,10-12,14-15H,8-9,13,16H2,1-3H3,(H,25,26)/b5-4+,20-12-. The summed E-state index contributed by atoms with van der Waals surface area (Å²) < 4.78 is 0. The first-order valence-electron chi connectivity index (χ1n) is 9.32. The van der Waals surface area contributed by atoms with E-state index in [1.165, 1.54) is 27.7 Å². The Labute approximate surface area is 155 Å². The minimum Gasteiger partial charge on any atom is -0.481 e. The Bertz CT molecular complexity index is 877. The molecule has 1 aliphatic rings. The average molecular weight is 349 g/mol. The number of anilines is 1. The quantitative estimate of drug-likeness (QED) is 0.685. The van der Waals surface area contributed by atoms with Crippen LogP contribution in [0.5, 0.6) is 0 Å². The zero-order chi connectivity index (χ0) is 18.7. The normalized spacial score (nSPS) is 17.3. The van der Waals surface area contributed by atoms with E-state index in [0.717, 1.165) is 13.0 Å². The maximum Gasteiger partial charge on any atom is 0.303 e. The molecule has 0 unspecified atom stereocenters. The van der Waals surface area contributed by atoms with Crippen molar-refractivity contribution in [1.29, 1.82) is 0 Å². The number of hydrogen-bond acceptors (Lipinski definition) is 2. The molecular weight excluding hydrogens is 322 g/mol. The largest absolute Gasteiger partial charge is 0.481 e. The Kier molecular flexibility index (Phi) is 5.17. The van der Waals surface area contributed by atoms with Crippen molar-refractivity contribution >= 4 is 22.4 Å². The lowest BCUT2D eigenvalue weighted by molar-refractivity contribution is -0.137. The molecule has 0 amide bonds. The Balaban J connectivity index is 2.05. The van der Waals surface area contributed by atoms with Gasteiger partial charge in [-0.25, -0.2) is 0 Å². The first kappa shape index (κ1) is 18.2. The summed E-state index contributed by atoms with van der Waals surface area (Å²) in [6.45, 7) is 7.43. The number of allylic oxidation sites excluding steroid dienone is 4. The molecule has 0 bridgehead atoms. The average Bonchev–Trinajstić information content (AvgIpc) is 2.83. The van der Waals surface area contributed by atoms with Crippen LogP contribution in [0.1, 0.15) is 45.6 Å². The Hall–Kier alpha value is -2.55. The number of carboxylic acids is 1. The predicted octanol–water partition coefficient (Wildman–Crippen LogP) is 5.65. The van der Waals surface area contributed by atoms with Crippen LogP contribution in [0.3, 0.4) is 0 Å². The predicted molar refractivity (Wildman–Crippen MR) is 109 cm³/mol. The van der Waals surface area contributed by atoms with Gasteiger partial charge in [-0.05, 0) is 48.2 Å². The van der Waals surface area contributed by atoms with Gasteiger partial charge in [0.15, 0.2) is 0 Å². The molecule has 2 aromatic rings. The van der Waals surface area contributed by atoms with Gasteiger partial charge in [0.1, 0.15) is 0 Å². The van der Waals surface area contributed by atoms with Crippen LogP contribution in [0.4, 0.5) is 5.69 Å². The zero-order valence-corrected chi connectivity index (χ0v) is 15.8. The van der Waals surface area contributed by atoms with Crippen molar-refractivity contribution < 1.29 is 9.90 Å². The molecule has 26 heavy (non-hydrogen) atoms. The number of carbonyl (C=O) groups is 1. The molecule has 0 radical (unpaired) electrons. The van der Waals surface area contributed by atoms with Crippen LogP contribution in [0.15, 0.2) is 60.3 Å². The highest BCUT2D eigenvalue weighted by Gasteiger charge is 2.40. The molecule has 3 heteroatoms. The van der Waals surface area contributed by atoms with Crippen molar-refractivity contribution in [2.45, 2.75) is 45.4 Å². The van der Waals surface area contributed by atoms with Crippen LogP contribution < -0.4 is 4.90 Å². The molecule has 3 rings (SSSR count). The van der Waals surface area contributed by atoms with E-state index in [1.807, 2.05) is 13.0 Å². The van der Waals surface area contributed by atoms with Gasteiger partial charge in [0.2, 0.25) is 0 Å². The molecule has 1 aliphatic heterocycles. The van der Waals surface area contributed by atoms with E-state index in [4.69, 9.17) is 5.11 Å². The monoisotopic (exact) mass is 349 g/mol. The van der Waals surface area contributed by atoms with Crippen molar-refractivity contribution in [3.8, 4) is 0 Å². The van der Waals surface area contributed by atoms with Crippen LogP contribution in [0.25, 0.3) is 10.8 Å². The summed E-state index contributed by atoms with van der Waals surface area (Å²) in [6.07, 6.45) is 8.14. The fraction of sp³-hybridized carbons (Fsp3) is 0.348. The highest BCUT2D eigenvalue weighted by Crippen LogP contribution is 2.50. The van der Waals surface area contributed by atoms with Crippen LogP contribution in [0, 0.1) is 0 Å². The molecule has 0 saturated heterocycles. The number of nitrogens with zero attached hydrogens (tertiary/aromatic N) is 1. The molecule has 0 aliphatic carbocycles. The molecule has 0 aromatic heterocycles. The molecule has 2 aromatic carbocycles. The van der Waals surface area contributed by atoms with Gasteiger partial charge in [-0.2, -0.15) is 0 Å². The first-order chi connectivity index (χ1) is 12.5. The van der Waals surface area contributed by atoms with E-state index in [2.05, 4.69) is 67.3 Å². The zero-order valence-electron chi connectivity index (χ0n) is 15.8. The summed E-state index contributed by atoms with van der Waals surface area (Å²) in [5.74, 6) is -0.720. The Morgan fingerprint density at radius 3 is 2.65 bits per heavy atom. The van der Waals surface area contributed by atoms with E-state index >= 15 is 0 Å². The van der Waals surface area contributed by atoms with Crippen LogP contribution in [-0.4, -0.2) is 17.6 Å². The van der Waals surface area contributed by atoms with E-state index in [9.17, 15) is 4.79 Å². The summed E-state index contributed by atoms with van der Waals surface area (Å²) in [5.41, 5.74) is 3.80. The second kappa shape index (κ2) is 7.36. The molecule has 0 atom stereocenters. The maximum absolute atomic E-state index is 10.8. The van der Waals surface area contributed by atoms with Gasteiger partial charge >= 0.3 is 5.97 Å². The summed E-state index contributed by atoms with van der Waals surface area (Å²) in [7, 11) is 0. The first-order valence-corrected chi connectivity index (χ1v) is 9.32. The Morgan fingerprint density at radius 1 is 1.15 bits per heavy atom. The van der Waals surface area contributed by atoms with Gasteiger partial charge in [-0.1, -0.05) is 56.3 Å². The number of carboxylic acid groups (broad SMARTS) is 1. The number of hydrogen-bond donors (Lipinski definition) is 1. The topological polar surface area (TPSA) is 40.5 Å². The fourth-order valence-corrected chi connectivity index (χ4v) is 4.01. The highest BCUT2D eigenvalue weighted by molar-refractivity contribution is 5.94. The van der Waals surface area contributed by atoms with Gasteiger partial charge < -0.3 is 10.0 Å². The third kappa shape index (κ3) is 3.26. The Morgan fingerprint density at radius 2 is 1.92 bits per heavy atom. The van der Waals surface area contributed by atoms with E-state index in [1.54, 1.807) is 0 Å². The van der Waals surface area contributed by atoms with Gasteiger partial charge in [-0.3, -0.25) is 4.79 Å². The molecule has 0 spiro atoms. The van der Waals surface area contributed by atoms with Crippen LogP contribution in [-0.2, 0) is 10.2 Å². The number of fused-ring (bicyclic) bond motifs is 3. The van der Waals surface area contributed by atoms with Crippen molar-refractivity contribution in [2.24, 2.45) is 0 Å². The van der Waals surface area contributed by atoms with Crippen LogP contribution in [0.2, 0.25) is 0 Å². The number of unbranched alkanes of at least 4 members (excludes halogenated alkanes) is 1. The van der Waals surface area contributed by atoms with Crippen molar-refractivity contribution in [3.05, 3.63) is 65.9 Å². The summed E-state index contributed by atoms with van der Waals surface area (Å²) in [5, 5.41) is 11.5. The SMILES string of the molecule is C/C=C/C=C1\N(CCCCC(=O)O)c2ccc3ccccc3c2C1(C)C. The molecule has 0 fully saturated rings. The lowest BCUT2D eigenvalue weighted by Crippen LogP contribution is -2.27. The lowest BCUT2D eigenvalue weighted by atomic mass is 9.81. The van der Waals surface area contributed by atoms with Gasteiger partial charge in [0.05, 0.1) is 0 Å². The minimum atomic E-state index is -0.720. The third-order valence-electron chi connectivity index (χ3n) is 5.22. The molecule has 1 heterocycles. The van der Waals surface area contributed by atoms with Crippen LogP contribution >= 0.6 is 0 Å². The smallest absolute Gasteiger partial charge is 0.303 e. The lowest BCUT2D eigenvalue weighted by Gasteiger charge is -2.27.